The van der Waals surface area contributed by atoms with Gasteiger partial charge in [-0.15, -0.1) is 0 Å². The number of amides is 2. The van der Waals surface area contributed by atoms with E-state index in [1.807, 2.05) is 25.1 Å². The van der Waals surface area contributed by atoms with Gasteiger partial charge in [-0.3, -0.25) is 4.79 Å². The smallest absolute Gasteiger partial charge is 0.416 e. The second kappa shape index (κ2) is 13.4. The maximum Gasteiger partial charge on any atom is 0.416 e. The van der Waals surface area contributed by atoms with Crippen LogP contribution in [0.5, 0.6) is 11.5 Å². The maximum atomic E-state index is 13.5. The van der Waals surface area contributed by atoms with Gasteiger partial charge in [-0.1, -0.05) is 36.6 Å². The number of rotatable bonds is 11. The lowest BCUT2D eigenvalue weighted by Gasteiger charge is -2.32. The van der Waals surface area contributed by atoms with E-state index < -0.39 is 18.4 Å². The molecule has 11 heteroatoms. The first-order chi connectivity index (χ1) is 18.4. The number of carbonyl (C=O) groups is 2. The fourth-order valence-electron chi connectivity index (χ4n) is 4.57. The average Bonchev–Trinajstić information content (AvgIpc) is 3.41. The predicted octanol–water partition coefficient (Wildman–Crippen LogP) is 5.37. The van der Waals surface area contributed by atoms with E-state index in [1.54, 1.807) is 34.0 Å². The number of hydrogen-bond donors (Lipinski definition) is 1. The van der Waals surface area contributed by atoms with E-state index in [0.717, 1.165) is 30.7 Å². The largest absolute Gasteiger partial charge is 0.493 e. The van der Waals surface area contributed by atoms with E-state index in [1.165, 1.54) is 22.8 Å². The van der Waals surface area contributed by atoms with Crippen LogP contribution in [0.15, 0.2) is 41.6 Å². The Balaban J connectivity index is 1.56. The molecule has 9 nitrogen and oxygen atoms in total. The predicted molar refractivity (Wildman–Crippen MR) is 149 cm³/mol. The van der Waals surface area contributed by atoms with Gasteiger partial charge in [-0.05, 0) is 55.2 Å². The molecule has 2 aliphatic heterocycles. The molecule has 0 spiro atoms. The van der Waals surface area contributed by atoms with Crippen LogP contribution in [0.25, 0.3) is 0 Å². The molecule has 2 amide bonds. The molecule has 0 saturated carbocycles. The second-order valence-electron chi connectivity index (χ2n) is 9.30. The lowest BCUT2D eigenvalue weighted by atomic mass is 10.1. The van der Waals surface area contributed by atoms with Crippen molar-refractivity contribution in [3.05, 3.63) is 42.1 Å². The molecule has 0 aliphatic carbocycles. The van der Waals surface area contributed by atoms with Crippen LogP contribution in [0, 0.1) is 0 Å². The lowest BCUT2D eigenvalue weighted by Crippen LogP contribution is -2.51. The fraction of sp³-hybridized carbons (Fsp3) is 0.519. The van der Waals surface area contributed by atoms with Gasteiger partial charge >= 0.3 is 6.09 Å². The number of aliphatic hydroxyl groups is 1. The van der Waals surface area contributed by atoms with Crippen molar-refractivity contribution in [1.29, 1.82) is 0 Å². The third-order valence-corrected chi connectivity index (χ3v) is 9.28. The number of aliphatic hydroxyl groups excluding tert-OH is 1. The third-order valence-electron chi connectivity index (χ3n) is 6.52. The Morgan fingerprint density at radius 3 is 2.84 bits per heavy atom. The molecule has 3 atom stereocenters. The van der Waals surface area contributed by atoms with E-state index in [0.29, 0.717) is 31.1 Å². The summed E-state index contributed by atoms with van der Waals surface area (Å²) >= 11 is 0. The van der Waals surface area contributed by atoms with E-state index in [9.17, 15) is 14.7 Å². The van der Waals surface area contributed by atoms with E-state index >= 15 is 0 Å². The number of fused-ring (bicyclic) bond motifs is 2. The Morgan fingerprint density at radius 1 is 1.26 bits per heavy atom. The molecule has 1 aromatic heterocycles. The second-order valence-corrected chi connectivity index (χ2v) is 12.0. The van der Waals surface area contributed by atoms with Gasteiger partial charge in [0, 0.05) is 24.1 Å². The van der Waals surface area contributed by atoms with Crippen LogP contribution in [0.4, 0.5) is 10.5 Å². The van der Waals surface area contributed by atoms with Crippen molar-refractivity contribution in [3.8, 4) is 11.5 Å². The Kier molecular flexibility index (Phi) is 10.0. The number of anilines is 1. The Bertz CT molecular complexity index is 1110. The van der Waals surface area contributed by atoms with Gasteiger partial charge in [-0.25, -0.2) is 14.7 Å². The highest BCUT2D eigenvalue weighted by atomic mass is 33.1. The van der Waals surface area contributed by atoms with Crippen LogP contribution in [0.2, 0.25) is 0 Å². The minimum atomic E-state index is -1.25. The highest BCUT2D eigenvalue weighted by Gasteiger charge is 2.45. The van der Waals surface area contributed by atoms with Crippen LogP contribution in [0.1, 0.15) is 56.3 Å². The Labute approximate surface area is 231 Å². The summed E-state index contributed by atoms with van der Waals surface area (Å²) in [6, 6.07) is 8.39. The number of carbonyl (C=O) groups excluding carboxylic acids is 2. The third kappa shape index (κ3) is 6.50. The van der Waals surface area contributed by atoms with Gasteiger partial charge in [-0.2, -0.15) is 0 Å². The van der Waals surface area contributed by atoms with Gasteiger partial charge in [0.1, 0.15) is 11.6 Å². The van der Waals surface area contributed by atoms with Crippen LogP contribution >= 0.6 is 21.6 Å². The summed E-state index contributed by atoms with van der Waals surface area (Å²) in [5.74, 6) is 0.576. The van der Waals surface area contributed by atoms with Crippen molar-refractivity contribution in [2.24, 2.45) is 0 Å². The maximum absolute atomic E-state index is 13.5. The average molecular weight is 562 g/mol. The quantitative estimate of drug-likeness (QED) is 0.287. The summed E-state index contributed by atoms with van der Waals surface area (Å²) in [4.78, 5) is 34.1. The van der Waals surface area contributed by atoms with Crippen molar-refractivity contribution in [2.75, 3.05) is 31.8 Å². The first kappa shape index (κ1) is 28.4. The molecule has 2 aliphatic rings. The first-order valence-corrected chi connectivity index (χ1v) is 15.2. The number of aromatic nitrogens is 1. The van der Waals surface area contributed by atoms with Crippen molar-refractivity contribution in [2.45, 2.75) is 68.5 Å². The van der Waals surface area contributed by atoms with Crippen molar-refractivity contribution in [1.82, 2.24) is 9.88 Å². The SMILES string of the molecule is CCCCCOc1cc2c(cc1OC)C(=O)N1CCC[C@H]1C(O)N2C(=O)OCC(C)SSc1ccccn1. The zero-order valence-corrected chi connectivity index (χ0v) is 23.6. The van der Waals surface area contributed by atoms with E-state index in [2.05, 4.69) is 11.9 Å². The van der Waals surface area contributed by atoms with Crippen LogP contribution in [0.3, 0.4) is 0 Å². The molecular formula is C27H35N3O6S2. The molecule has 206 valence electrons. The minimum Gasteiger partial charge on any atom is -0.493 e. The molecule has 4 rings (SSSR count). The zero-order chi connectivity index (χ0) is 27.1. The number of benzene rings is 1. The highest BCUT2D eigenvalue weighted by Crippen LogP contribution is 2.41. The summed E-state index contributed by atoms with van der Waals surface area (Å²) in [5, 5.41) is 12.2. The van der Waals surface area contributed by atoms with Crippen LogP contribution in [-0.2, 0) is 4.74 Å². The fourth-order valence-corrected chi connectivity index (χ4v) is 6.45. The molecule has 2 aromatic rings. The summed E-state index contributed by atoms with van der Waals surface area (Å²) in [6.45, 7) is 5.18. The molecule has 1 N–H and O–H groups in total. The summed E-state index contributed by atoms with van der Waals surface area (Å²) in [5.41, 5.74) is 0.535. The highest BCUT2D eigenvalue weighted by molar-refractivity contribution is 8.76. The van der Waals surface area contributed by atoms with Crippen molar-refractivity contribution in [3.63, 3.8) is 0 Å². The monoisotopic (exact) mass is 561 g/mol. The molecule has 1 fully saturated rings. The van der Waals surface area contributed by atoms with Crippen molar-refractivity contribution >= 4 is 39.3 Å². The molecule has 0 bridgehead atoms. The number of nitrogens with zero attached hydrogens (tertiary/aromatic N) is 3. The van der Waals surface area contributed by atoms with E-state index in [-0.39, 0.29) is 29.0 Å². The topological polar surface area (TPSA) is 101 Å². The lowest BCUT2D eigenvalue weighted by molar-refractivity contribution is 0.0491. The summed E-state index contributed by atoms with van der Waals surface area (Å²) in [6.07, 6.45) is 4.06. The molecular weight excluding hydrogens is 526 g/mol. The molecule has 1 saturated heterocycles. The Morgan fingerprint density at radius 2 is 2.11 bits per heavy atom. The Hall–Kier alpha value is -2.63. The van der Waals surface area contributed by atoms with Crippen molar-refractivity contribution < 1.29 is 28.9 Å². The standard InChI is InChI=1S/C27H35N3O6S2/c1-4-5-8-14-35-23-16-21-19(15-22(23)34-3)25(31)29-13-9-10-20(29)26(32)30(21)27(33)36-17-18(2)37-38-24-11-6-7-12-28-24/h6-7,11-12,15-16,18,20,26,32H,4-5,8-10,13-14,17H2,1-3H3/t18?,20-,26?/m0/s1. The zero-order valence-electron chi connectivity index (χ0n) is 22.0. The summed E-state index contributed by atoms with van der Waals surface area (Å²) in [7, 11) is 4.57. The number of unbranched alkanes of at least 4 members (excludes halogenated alkanes) is 2. The molecule has 38 heavy (non-hydrogen) atoms. The van der Waals surface area contributed by atoms with Crippen LogP contribution in [-0.4, -0.2) is 71.4 Å². The number of hydrogen-bond acceptors (Lipinski definition) is 9. The molecule has 1 aromatic carbocycles. The molecule has 2 unspecified atom stereocenters. The van der Waals surface area contributed by atoms with Gasteiger partial charge in [0.2, 0.25) is 0 Å². The van der Waals surface area contributed by atoms with Gasteiger partial charge in [0.05, 0.1) is 31.0 Å². The molecule has 0 radical (unpaired) electrons. The number of pyridine rings is 1. The normalized spacial score (nSPS) is 19.4. The molecule has 3 heterocycles. The van der Waals surface area contributed by atoms with Crippen LogP contribution < -0.4 is 14.4 Å². The number of methoxy groups -OCH3 is 1. The van der Waals surface area contributed by atoms with E-state index in [4.69, 9.17) is 14.2 Å². The van der Waals surface area contributed by atoms with Gasteiger partial charge in [0.25, 0.3) is 5.91 Å². The summed E-state index contributed by atoms with van der Waals surface area (Å²) < 4.78 is 17.2. The van der Waals surface area contributed by atoms with Gasteiger partial charge < -0.3 is 24.2 Å². The van der Waals surface area contributed by atoms with Gasteiger partial charge in [0.15, 0.2) is 17.7 Å². The number of ether oxygens (including phenoxy) is 3. The minimum absolute atomic E-state index is 0.0347. The first-order valence-electron chi connectivity index (χ1n) is 13.0.